The van der Waals surface area contributed by atoms with E-state index in [-0.39, 0.29) is 5.82 Å². The van der Waals surface area contributed by atoms with Gasteiger partial charge in [-0.15, -0.1) is 0 Å². The van der Waals surface area contributed by atoms with Crippen LogP contribution in [0.3, 0.4) is 0 Å². The molecule has 2 rings (SSSR count). The van der Waals surface area contributed by atoms with Crippen molar-refractivity contribution in [2.45, 2.75) is 13.2 Å². The van der Waals surface area contributed by atoms with Crippen LogP contribution in [0.1, 0.15) is 11.1 Å². The van der Waals surface area contributed by atoms with Gasteiger partial charge in [-0.3, -0.25) is 4.98 Å². The molecule has 0 bridgehead atoms. The summed E-state index contributed by atoms with van der Waals surface area (Å²) < 4.78 is 24.2. The van der Waals surface area contributed by atoms with E-state index in [0.29, 0.717) is 25.5 Å². The first-order valence-electron chi connectivity index (χ1n) is 6.79. The van der Waals surface area contributed by atoms with Crippen LogP contribution in [0.15, 0.2) is 42.7 Å². The van der Waals surface area contributed by atoms with Crippen LogP contribution in [0.2, 0.25) is 0 Å². The number of hydrogen-bond acceptors (Lipinski definition) is 4. The monoisotopic (exact) mass is 290 g/mol. The van der Waals surface area contributed by atoms with Crippen LogP contribution < -0.4 is 10.1 Å². The van der Waals surface area contributed by atoms with Crippen molar-refractivity contribution >= 4 is 0 Å². The lowest BCUT2D eigenvalue weighted by molar-refractivity contribution is 0.199. The predicted molar refractivity (Wildman–Crippen MR) is 78.6 cm³/mol. The van der Waals surface area contributed by atoms with Gasteiger partial charge in [0.2, 0.25) is 0 Å². The van der Waals surface area contributed by atoms with Gasteiger partial charge in [-0.1, -0.05) is 0 Å². The molecule has 0 saturated heterocycles. The number of pyridine rings is 1. The molecule has 0 fully saturated rings. The average molecular weight is 290 g/mol. The van der Waals surface area contributed by atoms with E-state index in [1.165, 1.54) is 12.1 Å². The van der Waals surface area contributed by atoms with E-state index >= 15 is 0 Å². The minimum absolute atomic E-state index is 0.300. The standard InChI is InChI=1S/C16H19FN2O2/c1-20-7-6-19-11-14-8-15(17)10-16(9-14)21-12-13-2-4-18-5-3-13/h2-5,8-10,19H,6-7,11-12H2,1H3. The van der Waals surface area contributed by atoms with Crippen molar-refractivity contribution in [1.82, 2.24) is 10.3 Å². The van der Waals surface area contributed by atoms with Crippen LogP contribution in [0.4, 0.5) is 4.39 Å². The van der Waals surface area contributed by atoms with E-state index in [1.54, 1.807) is 19.5 Å². The Balaban J connectivity index is 1.91. The maximum atomic E-state index is 13.6. The molecule has 1 N–H and O–H groups in total. The number of nitrogens with zero attached hydrogens (tertiary/aromatic N) is 1. The zero-order valence-electron chi connectivity index (χ0n) is 12.0. The molecule has 0 aliphatic carbocycles. The number of aromatic nitrogens is 1. The van der Waals surface area contributed by atoms with Gasteiger partial charge in [0.15, 0.2) is 0 Å². The van der Waals surface area contributed by atoms with E-state index in [4.69, 9.17) is 9.47 Å². The van der Waals surface area contributed by atoms with Crippen molar-refractivity contribution in [3.63, 3.8) is 0 Å². The molecular formula is C16H19FN2O2. The Labute approximate surface area is 123 Å². The Hall–Kier alpha value is -1.98. The molecule has 1 aromatic heterocycles. The summed E-state index contributed by atoms with van der Waals surface area (Å²) in [5.74, 6) is 0.223. The molecule has 0 amide bonds. The molecule has 1 heterocycles. The maximum absolute atomic E-state index is 13.6. The first-order chi connectivity index (χ1) is 10.3. The molecule has 21 heavy (non-hydrogen) atoms. The van der Waals surface area contributed by atoms with Gasteiger partial charge in [0.25, 0.3) is 0 Å². The third-order valence-electron chi connectivity index (χ3n) is 2.90. The lowest BCUT2D eigenvalue weighted by atomic mass is 10.2. The Morgan fingerprint density at radius 1 is 1.14 bits per heavy atom. The lowest BCUT2D eigenvalue weighted by Crippen LogP contribution is -2.18. The molecule has 0 atom stereocenters. The first kappa shape index (κ1) is 15.4. The van der Waals surface area contributed by atoms with Crippen LogP contribution in [-0.4, -0.2) is 25.2 Å². The average Bonchev–Trinajstić information content (AvgIpc) is 2.50. The predicted octanol–water partition coefficient (Wildman–Crippen LogP) is 2.54. The highest BCUT2D eigenvalue weighted by Crippen LogP contribution is 2.17. The second-order valence-electron chi connectivity index (χ2n) is 4.61. The van der Waals surface area contributed by atoms with E-state index < -0.39 is 0 Å². The summed E-state index contributed by atoms with van der Waals surface area (Å²) in [4.78, 5) is 3.94. The Bertz CT molecular complexity index is 549. The van der Waals surface area contributed by atoms with E-state index in [1.807, 2.05) is 18.2 Å². The minimum Gasteiger partial charge on any atom is -0.489 e. The molecule has 0 spiro atoms. The summed E-state index contributed by atoms with van der Waals surface area (Å²) >= 11 is 0. The summed E-state index contributed by atoms with van der Waals surface area (Å²) in [5.41, 5.74) is 1.84. The largest absolute Gasteiger partial charge is 0.489 e. The summed E-state index contributed by atoms with van der Waals surface area (Å²) in [6.45, 7) is 2.32. The van der Waals surface area contributed by atoms with Gasteiger partial charge >= 0.3 is 0 Å². The van der Waals surface area contributed by atoms with Gasteiger partial charge in [0.1, 0.15) is 18.2 Å². The van der Waals surface area contributed by atoms with Gasteiger partial charge in [0, 0.05) is 38.7 Å². The summed E-state index contributed by atoms with van der Waals surface area (Å²) in [6, 6.07) is 8.46. The molecule has 0 aliphatic rings. The van der Waals surface area contributed by atoms with Crippen LogP contribution in [-0.2, 0) is 17.9 Å². The summed E-state index contributed by atoms with van der Waals surface area (Å²) in [6.07, 6.45) is 3.41. The first-order valence-corrected chi connectivity index (χ1v) is 6.79. The van der Waals surface area contributed by atoms with Crippen LogP contribution in [0, 0.1) is 5.82 Å². The molecule has 4 nitrogen and oxygen atoms in total. The number of halogens is 1. The quantitative estimate of drug-likeness (QED) is 0.759. The van der Waals surface area contributed by atoms with Crippen molar-refractivity contribution < 1.29 is 13.9 Å². The molecule has 0 aliphatic heterocycles. The third-order valence-corrected chi connectivity index (χ3v) is 2.90. The lowest BCUT2D eigenvalue weighted by Gasteiger charge is -2.09. The number of nitrogens with one attached hydrogen (secondary N) is 1. The summed E-state index contributed by atoms with van der Waals surface area (Å²) in [7, 11) is 1.65. The minimum atomic E-state index is -0.300. The zero-order chi connectivity index (χ0) is 14.9. The van der Waals surface area contributed by atoms with Gasteiger partial charge in [0.05, 0.1) is 6.61 Å². The van der Waals surface area contributed by atoms with Crippen LogP contribution >= 0.6 is 0 Å². The molecule has 0 unspecified atom stereocenters. The summed E-state index contributed by atoms with van der Waals surface area (Å²) in [5, 5.41) is 3.18. The van der Waals surface area contributed by atoms with Crippen LogP contribution in [0.5, 0.6) is 5.75 Å². The molecule has 112 valence electrons. The van der Waals surface area contributed by atoms with Gasteiger partial charge in [-0.2, -0.15) is 0 Å². The fourth-order valence-corrected chi connectivity index (χ4v) is 1.86. The van der Waals surface area contributed by atoms with E-state index in [2.05, 4.69) is 10.3 Å². The molecule has 5 heteroatoms. The van der Waals surface area contributed by atoms with Gasteiger partial charge in [-0.05, 0) is 35.4 Å². The van der Waals surface area contributed by atoms with Crippen molar-refractivity contribution in [3.05, 3.63) is 59.7 Å². The second kappa shape index (κ2) is 8.34. The van der Waals surface area contributed by atoms with Crippen molar-refractivity contribution in [1.29, 1.82) is 0 Å². The fourth-order valence-electron chi connectivity index (χ4n) is 1.86. The molecule has 0 radical (unpaired) electrons. The van der Waals surface area contributed by atoms with Gasteiger partial charge in [-0.25, -0.2) is 4.39 Å². The Kier molecular flexibility index (Phi) is 6.12. The molecule has 0 saturated carbocycles. The molecule has 1 aromatic carbocycles. The maximum Gasteiger partial charge on any atom is 0.127 e. The molecule has 2 aromatic rings. The highest BCUT2D eigenvalue weighted by Gasteiger charge is 2.03. The topological polar surface area (TPSA) is 43.4 Å². The number of ether oxygens (including phenoxy) is 2. The number of rotatable bonds is 8. The zero-order valence-corrected chi connectivity index (χ0v) is 12.0. The normalized spacial score (nSPS) is 10.6. The smallest absolute Gasteiger partial charge is 0.127 e. The van der Waals surface area contributed by atoms with E-state index in [0.717, 1.165) is 17.7 Å². The Morgan fingerprint density at radius 2 is 1.95 bits per heavy atom. The van der Waals surface area contributed by atoms with Crippen molar-refractivity contribution in [2.75, 3.05) is 20.3 Å². The van der Waals surface area contributed by atoms with Crippen molar-refractivity contribution in [2.24, 2.45) is 0 Å². The number of hydrogen-bond donors (Lipinski definition) is 1. The molecular weight excluding hydrogens is 271 g/mol. The Morgan fingerprint density at radius 3 is 2.71 bits per heavy atom. The SMILES string of the molecule is COCCNCc1cc(F)cc(OCc2ccncc2)c1. The third kappa shape index (κ3) is 5.49. The highest BCUT2D eigenvalue weighted by molar-refractivity contribution is 5.30. The second-order valence-corrected chi connectivity index (χ2v) is 4.61. The van der Waals surface area contributed by atoms with Gasteiger partial charge < -0.3 is 14.8 Å². The highest BCUT2D eigenvalue weighted by atomic mass is 19.1. The van der Waals surface area contributed by atoms with Crippen molar-refractivity contribution in [3.8, 4) is 5.75 Å². The van der Waals surface area contributed by atoms with Crippen LogP contribution in [0.25, 0.3) is 0 Å². The fraction of sp³-hybridized carbons (Fsp3) is 0.312. The number of benzene rings is 1. The number of methoxy groups -OCH3 is 1. The van der Waals surface area contributed by atoms with E-state index in [9.17, 15) is 4.39 Å².